The summed E-state index contributed by atoms with van der Waals surface area (Å²) < 4.78 is 39.7. The maximum atomic E-state index is 13.6. The van der Waals surface area contributed by atoms with Gasteiger partial charge in [-0.25, -0.2) is 8.42 Å². The largest absolute Gasteiger partial charge is 0.486 e. The van der Waals surface area contributed by atoms with E-state index in [1.807, 2.05) is 18.2 Å². The first-order valence-corrected chi connectivity index (χ1v) is 13.5. The third-order valence-corrected chi connectivity index (χ3v) is 8.19. The molecular formula is C27H29N3O5S. The van der Waals surface area contributed by atoms with Crippen LogP contribution in [0.1, 0.15) is 5.56 Å². The molecule has 0 saturated carbocycles. The number of amides is 1. The number of rotatable bonds is 7. The summed E-state index contributed by atoms with van der Waals surface area (Å²) >= 11 is 0. The number of hydrogen-bond acceptors (Lipinski definition) is 6. The van der Waals surface area contributed by atoms with E-state index < -0.39 is 10.0 Å². The molecule has 8 nitrogen and oxygen atoms in total. The van der Waals surface area contributed by atoms with Crippen LogP contribution in [0.2, 0.25) is 0 Å². The van der Waals surface area contributed by atoms with Crippen LogP contribution in [0.3, 0.4) is 0 Å². The zero-order valence-electron chi connectivity index (χ0n) is 20.0. The summed E-state index contributed by atoms with van der Waals surface area (Å²) in [5.74, 6) is 0.792. The SMILES string of the molecule is O=C(CN(c1ccc2c(c1)OCCO2)S(=O)(=O)c1ccccc1)N1CCN(Cc2ccccc2)CC1. The van der Waals surface area contributed by atoms with Crippen LogP contribution in [0.25, 0.3) is 0 Å². The van der Waals surface area contributed by atoms with Crippen LogP contribution in [-0.2, 0) is 21.4 Å². The van der Waals surface area contributed by atoms with Crippen LogP contribution in [0.15, 0.2) is 83.8 Å². The number of carbonyl (C=O) groups is 1. The van der Waals surface area contributed by atoms with Crippen LogP contribution in [0.4, 0.5) is 5.69 Å². The Morgan fingerprint density at radius 1 is 0.806 bits per heavy atom. The van der Waals surface area contributed by atoms with Gasteiger partial charge in [0.05, 0.1) is 10.6 Å². The maximum absolute atomic E-state index is 13.6. The van der Waals surface area contributed by atoms with E-state index in [4.69, 9.17) is 9.47 Å². The van der Waals surface area contributed by atoms with Gasteiger partial charge in [0.1, 0.15) is 19.8 Å². The van der Waals surface area contributed by atoms with Gasteiger partial charge in [-0.15, -0.1) is 0 Å². The van der Waals surface area contributed by atoms with Crippen molar-refractivity contribution in [2.75, 3.05) is 50.2 Å². The third-order valence-electron chi connectivity index (χ3n) is 6.40. The second-order valence-electron chi connectivity index (χ2n) is 8.80. The first-order valence-electron chi connectivity index (χ1n) is 12.0. The van der Waals surface area contributed by atoms with Crippen molar-refractivity contribution in [3.8, 4) is 11.5 Å². The molecule has 1 amide bonds. The molecule has 0 atom stereocenters. The number of piperazine rings is 1. The number of benzene rings is 3. The molecule has 0 N–H and O–H groups in total. The van der Waals surface area contributed by atoms with E-state index in [0.717, 1.165) is 19.6 Å². The summed E-state index contributed by atoms with van der Waals surface area (Å²) in [5, 5.41) is 0. The Labute approximate surface area is 211 Å². The van der Waals surface area contributed by atoms with Gasteiger partial charge in [0, 0.05) is 38.8 Å². The van der Waals surface area contributed by atoms with E-state index in [1.165, 1.54) is 22.0 Å². The molecule has 2 aliphatic rings. The normalized spacial score (nSPS) is 15.9. The fourth-order valence-corrected chi connectivity index (χ4v) is 5.87. The number of carbonyl (C=O) groups excluding carboxylic acids is 1. The lowest BCUT2D eigenvalue weighted by molar-refractivity contribution is -0.131. The molecular weight excluding hydrogens is 478 g/mol. The van der Waals surface area contributed by atoms with Gasteiger partial charge < -0.3 is 14.4 Å². The van der Waals surface area contributed by atoms with Gasteiger partial charge in [0.15, 0.2) is 11.5 Å². The summed E-state index contributed by atoms with van der Waals surface area (Å²) in [5.41, 5.74) is 1.59. The number of sulfonamides is 1. The average molecular weight is 508 g/mol. The molecule has 5 rings (SSSR count). The first kappa shape index (κ1) is 24.1. The maximum Gasteiger partial charge on any atom is 0.264 e. The number of hydrogen-bond donors (Lipinski definition) is 0. The average Bonchev–Trinajstić information content (AvgIpc) is 2.93. The van der Waals surface area contributed by atoms with E-state index >= 15 is 0 Å². The van der Waals surface area contributed by atoms with Crippen molar-refractivity contribution in [1.82, 2.24) is 9.80 Å². The lowest BCUT2D eigenvalue weighted by Crippen LogP contribution is -2.51. The Balaban J connectivity index is 1.34. The van der Waals surface area contributed by atoms with Crippen LogP contribution in [0, 0.1) is 0 Å². The van der Waals surface area contributed by atoms with Crippen LogP contribution in [-0.4, -0.2) is 70.1 Å². The van der Waals surface area contributed by atoms with Gasteiger partial charge in [0.2, 0.25) is 5.91 Å². The van der Waals surface area contributed by atoms with Crippen molar-refractivity contribution in [3.63, 3.8) is 0 Å². The molecule has 0 aromatic heterocycles. The predicted molar refractivity (Wildman–Crippen MR) is 137 cm³/mol. The molecule has 3 aromatic rings. The van der Waals surface area contributed by atoms with Gasteiger partial charge >= 0.3 is 0 Å². The summed E-state index contributed by atoms with van der Waals surface area (Å²) in [7, 11) is -3.99. The Morgan fingerprint density at radius 3 is 2.14 bits per heavy atom. The van der Waals surface area contributed by atoms with Crippen molar-refractivity contribution in [2.24, 2.45) is 0 Å². The van der Waals surface area contributed by atoms with E-state index in [2.05, 4.69) is 17.0 Å². The first-order chi connectivity index (χ1) is 17.5. The minimum atomic E-state index is -3.99. The van der Waals surface area contributed by atoms with E-state index in [9.17, 15) is 13.2 Å². The fourth-order valence-electron chi connectivity index (χ4n) is 4.44. The molecule has 1 fully saturated rings. The van der Waals surface area contributed by atoms with Crippen LogP contribution >= 0.6 is 0 Å². The van der Waals surface area contributed by atoms with Gasteiger partial charge in [-0.1, -0.05) is 48.5 Å². The van der Waals surface area contributed by atoms with E-state index in [-0.39, 0.29) is 17.3 Å². The Bertz CT molecular complexity index is 1290. The number of nitrogens with zero attached hydrogens (tertiary/aromatic N) is 3. The van der Waals surface area contributed by atoms with Gasteiger partial charge in [-0.2, -0.15) is 0 Å². The van der Waals surface area contributed by atoms with Crippen molar-refractivity contribution in [3.05, 3.63) is 84.4 Å². The second kappa shape index (κ2) is 10.6. The fraction of sp³-hybridized carbons (Fsp3) is 0.296. The molecule has 9 heteroatoms. The van der Waals surface area contributed by atoms with Gasteiger partial charge in [0.25, 0.3) is 10.0 Å². The van der Waals surface area contributed by atoms with Crippen LogP contribution in [0.5, 0.6) is 11.5 Å². The third kappa shape index (κ3) is 5.32. The highest BCUT2D eigenvalue weighted by molar-refractivity contribution is 7.92. The molecule has 2 aliphatic heterocycles. The molecule has 2 heterocycles. The molecule has 0 aliphatic carbocycles. The van der Waals surface area contributed by atoms with Crippen molar-refractivity contribution in [2.45, 2.75) is 11.4 Å². The standard InChI is InChI=1S/C27H29N3O5S/c31-27(29-15-13-28(14-16-29)20-22-7-3-1-4-8-22)21-30(36(32,33)24-9-5-2-6-10-24)23-11-12-25-26(19-23)35-18-17-34-25/h1-12,19H,13-18,20-21H2. The predicted octanol–water partition coefficient (Wildman–Crippen LogP) is 3.00. The summed E-state index contributed by atoms with van der Waals surface area (Å²) in [6, 6.07) is 23.4. The topological polar surface area (TPSA) is 79.4 Å². The molecule has 0 spiro atoms. The summed E-state index contributed by atoms with van der Waals surface area (Å²) in [6.45, 7) is 3.91. The molecule has 0 bridgehead atoms. The molecule has 0 radical (unpaired) electrons. The number of fused-ring (bicyclic) bond motifs is 1. The summed E-state index contributed by atoms with van der Waals surface area (Å²) in [6.07, 6.45) is 0. The Hall–Kier alpha value is -3.56. The lowest BCUT2D eigenvalue weighted by Gasteiger charge is -2.36. The van der Waals surface area contributed by atoms with Crippen LogP contribution < -0.4 is 13.8 Å². The molecule has 36 heavy (non-hydrogen) atoms. The van der Waals surface area contributed by atoms with E-state index in [1.54, 1.807) is 41.3 Å². The Kier molecular flexibility index (Phi) is 7.11. The Morgan fingerprint density at radius 2 is 1.44 bits per heavy atom. The highest BCUT2D eigenvalue weighted by Gasteiger charge is 2.31. The highest BCUT2D eigenvalue weighted by Crippen LogP contribution is 2.35. The number of anilines is 1. The highest BCUT2D eigenvalue weighted by atomic mass is 32.2. The van der Waals surface area contributed by atoms with E-state index in [0.29, 0.717) is 43.5 Å². The van der Waals surface area contributed by atoms with Gasteiger partial charge in [-0.3, -0.25) is 14.0 Å². The zero-order chi connectivity index (χ0) is 25.0. The molecule has 1 saturated heterocycles. The smallest absolute Gasteiger partial charge is 0.264 e. The van der Waals surface area contributed by atoms with Crippen molar-refractivity contribution >= 4 is 21.6 Å². The number of ether oxygens (including phenoxy) is 2. The quantitative estimate of drug-likeness (QED) is 0.489. The molecule has 188 valence electrons. The minimum absolute atomic E-state index is 0.125. The second-order valence-corrected chi connectivity index (χ2v) is 10.7. The molecule has 0 unspecified atom stereocenters. The van der Waals surface area contributed by atoms with Crippen molar-refractivity contribution < 1.29 is 22.7 Å². The monoisotopic (exact) mass is 507 g/mol. The van der Waals surface area contributed by atoms with Crippen molar-refractivity contribution in [1.29, 1.82) is 0 Å². The summed E-state index contributed by atoms with van der Waals surface area (Å²) in [4.78, 5) is 17.5. The minimum Gasteiger partial charge on any atom is -0.486 e. The molecule has 3 aromatic carbocycles. The zero-order valence-corrected chi connectivity index (χ0v) is 20.8. The lowest BCUT2D eigenvalue weighted by atomic mass is 10.2. The van der Waals surface area contributed by atoms with Gasteiger partial charge in [-0.05, 0) is 29.8 Å².